The van der Waals surface area contributed by atoms with Crippen LogP contribution in [0.2, 0.25) is 0 Å². The molecule has 0 aromatic rings. The van der Waals surface area contributed by atoms with Crippen molar-refractivity contribution in [2.75, 3.05) is 0 Å². The highest BCUT2D eigenvalue weighted by Gasteiger charge is 2.27. The quantitative estimate of drug-likeness (QED) is 0.567. The summed E-state index contributed by atoms with van der Waals surface area (Å²) in [5, 5.41) is 3.45. The van der Waals surface area contributed by atoms with Crippen LogP contribution >= 0.6 is 0 Å². The minimum Gasteiger partial charge on any atom is -0.307 e. The Morgan fingerprint density at radius 3 is 3.18 bits per heavy atom. The van der Waals surface area contributed by atoms with E-state index in [1.807, 2.05) is 0 Å². The minimum absolute atomic E-state index is 0.375. The monoisotopic (exact) mass is 151 g/mol. The van der Waals surface area contributed by atoms with E-state index in [4.69, 9.17) is 0 Å². The SMILES string of the molecule is O=CC1=CCCC2CCC1N2. The van der Waals surface area contributed by atoms with Crippen LogP contribution in [0.4, 0.5) is 0 Å². The van der Waals surface area contributed by atoms with Crippen LogP contribution in [-0.2, 0) is 4.79 Å². The van der Waals surface area contributed by atoms with Gasteiger partial charge in [-0.05, 0) is 25.7 Å². The summed E-state index contributed by atoms with van der Waals surface area (Å²) in [6, 6.07) is 1.05. The Kier molecular flexibility index (Phi) is 1.78. The van der Waals surface area contributed by atoms with Gasteiger partial charge in [0.25, 0.3) is 0 Å². The van der Waals surface area contributed by atoms with E-state index >= 15 is 0 Å². The lowest BCUT2D eigenvalue weighted by molar-refractivity contribution is -0.105. The zero-order valence-corrected chi connectivity index (χ0v) is 6.55. The second kappa shape index (κ2) is 2.78. The maximum Gasteiger partial charge on any atom is 0.147 e. The zero-order valence-electron chi connectivity index (χ0n) is 6.55. The first-order valence-electron chi connectivity index (χ1n) is 4.31. The molecule has 2 heteroatoms. The minimum atomic E-state index is 0.375. The molecule has 0 aromatic carbocycles. The Labute approximate surface area is 66.7 Å². The maximum atomic E-state index is 10.6. The van der Waals surface area contributed by atoms with Crippen LogP contribution in [0.15, 0.2) is 11.6 Å². The third-order valence-electron chi connectivity index (χ3n) is 2.67. The van der Waals surface area contributed by atoms with E-state index in [2.05, 4.69) is 11.4 Å². The summed E-state index contributed by atoms with van der Waals surface area (Å²) in [4.78, 5) is 10.6. The van der Waals surface area contributed by atoms with Gasteiger partial charge in [-0.1, -0.05) is 6.08 Å². The standard InChI is InChI=1S/C9H13NO/c11-6-7-2-1-3-8-4-5-9(7)10-8/h2,6,8-10H,1,3-5H2. The van der Waals surface area contributed by atoms with Crippen molar-refractivity contribution in [2.24, 2.45) is 0 Å². The van der Waals surface area contributed by atoms with Gasteiger partial charge in [-0.15, -0.1) is 0 Å². The number of nitrogens with one attached hydrogen (secondary N) is 1. The van der Waals surface area contributed by atoms with Gasteiger partial charge in [-0.25, -0.2) is 0 Å². The summed E-state index contributed by atoms with van der Waals surface area (Å²) >= 11 is 0. The molecule has 0 spiro atoms. The molecule has 0 saturated carbocycles. The zero-order chi connectivity index (χ0) is 7.68. The lowest BCUT2D eigenvalue weighted by atomic mass is 10.0. The molecule has 2 rings (SSSR count). The number of carbonyl (C=O) groups excluding carboxylic acids is 1. The molecule has 2 heterocycles. The average molecular weight is 151 g/mol. The van der Waals surface area contributed by atoms with Gasteiger partial charge in [0.15, 0.2) is 0 Å². The van der Waals surface area contributed by atoms with Crippen molar-refractivity contribution in [1.29, 1.82) is 0 Å². The predicted octanol–water partition coefficient (Wildman–Crippen LogP) is 1.03. The number of carbonyl (C=O) groups is 1. The Balaban J connectivity index is 2.18. The molecule has 0 aliphatic carbocycles. The molecule has 1 fully saturated rings. The second-order valence-corrected chi connectivity index (χ2v) is 3.39. The molecule has 0 amide bonds. The van der Waals surface area contributed by atoms with Crippen LogP contribution in [-0.4, -0.2) is 18.4 Å². The predicted molar refractivity (Wildman–Crippen MR) is 43.3 cm³/mol. The van der Waals surface area contributed by atoms with Crippen molar-refractivity contribution in [3.63, 3.8) is 0 Å². The van der Waals surface area contributed by atoms with Gasteiger partial charge >= 0.3 is 0 Å². The van der Waals surface area contributed by atoms with E-state index in [9.17, 15) is 4.79 Å². The van der Waals surface area contributed by atoms with Crippen LogP contribution in [0.25, 0.3) is 0 Å². The highest BCUT2D eigenvalue weighted by molar-refractivity contribution is 5.75. The van der Waals surface area contributed by atoms with Gasteiger partial charge in [0.1, 0.15) is 6.29 Å². The Morgan fingerprint density at radius 1 is 1.45 bits per heavy atom. The normalized spacial score (nSPS) is 36.2. The van der Waals surface area contributed by atoms with Crippen LogP contribution < -0.4 is 5.32 Å². The van der Waals surface area contributed by atoms with Gasteiger partial charge in [0.2, 0.25) is 0 Å². The first kappa shape index (κ1) is 7.04. The molecule has 2 unspecified atom stereocenters. The summed E-state index contributed by atoms with van der Waals surface area (Å²) < 4.78 is 0. The number of aldehydes is 1. The fraction of sp³-hybridized carbons (Fsp3) is 0.667. The molecule has 1 N–H and O–H groups in total. The molecule has 2 atom stereocenters. The maximum absolute atomic E-state index is 10.6. The topological polar surface area (TPSA) is 29.1 Å². The smallest absolute Gasteiger partial charge is 0.147 e. The third kappa shape index (κ3) is 1.23. The van der Waals surface area contributed by atoms with Crippen molar-refractivity contribution >= 4 is 6.29 Å². The van der Waals surface area contributed by atoms with Crippen LogP contribution in [0.3, 0.4) is 0 Å². The van der Waals surface area contributed by atoms with Crippen LogP contribution in [0, 0.1) is 0 Å². The number of hydrogen-bond acceptors (Lipinski definition) is 2. The second-order valence-electron chi connectivity index (χ2n) is 3.39. The fourth-order valence-electron chi connectivity index (χ4n) is 2.03. The van der Waals surface area contributed by atoms with Crippen molar-refractivity contribution in [3.05, 3.63) is 11.6 Å². The molecule has 2 bridgehead atoms. The Hall–Kier alpha value is -0.630. The van der Waals surface area contributed by atoms with Crippen molar-refractivity contribution in [3.8, 4) is 0 Å². The fourth-order valence-corrected chi connectivity index (χ4v) is 2.03. The molecule has 11 heavy (non-hydrogen) atoms. The molecular weight excluding hydrogens is 138 g/mol. The molecule has 60 valence electrons. The largest absolute Gasteiger partial charge is 0.307 e. The molecule has 1 saturated heterocycles. The summed E-state index contributed by atoms with van der Waals surface area (Å²) in [6.45, 7) is 0. The highest BCUT2D eigenvalue weighted by atomic mass is 16.1. The van der Waals surface area contributed by atoms with Gasteiger partial charge < -0.3 is 5.32 Å². The van der Waals surface area contributed by atoms with E-state index in [0.29, 0.717) is 12.1 Å². The molecule has 2 aliphatic rings. The summed E-state index contributed by atoms with van der Waals surface area (Å²) in [5.74, 6) is 0. The summed E-state index contributed by atoms with van der Waals surface area (Å²) in [6.07, 6.45) is 7.76. The summed E-state index contributed by atoms with van der Waals surface area (Å²) in [5.41, 5.74) is 0.977. The molecule has 2 nitrogen and oxygen atoms in total. The van der Waals surface area contributed by atoms with Gasteiger partial charge in [0.05, 0.1) is 0 Å². The molecular formula is C9H13NO. The number of rotatable bonds is 1. The number of hydrogen-bond donors (Lipinski definition) is 1. The van der Waals surface area contributed by atoms with Crippen LogP contribution in [0.5, 0.6) is 0 Å². The van der Waals surface area contributed by atoms with Gasteiger partial charge in [-0.2, -0.15) is 0 Å². The number of fused-ring (bicyclic) bond motifs is 2. The lowest BCUT2D eigenvalue weighted by Gasteiger charge is -2.08. The van der Waals surface area contributed by atoms with E-state index in [1.54, 1.807) is 0 Å². The third-order valence-corrected chi connectivity index (χ3v) is 2.67. The van der Waals surface area contributed by atoms with E-state index in [-0.39, 0.29) is 0 Å². The van der Waals surface area contributed by atoms with Gasteiger partial charge in [-0.3, -0.25) is 4.79 Å². The van der Waals surface area contributed by atoms with Crippen LogP contribution in [0.1, 0.15) is 25.7 Å². The van der Waals surface area contributed by atoms with E-state index in [0.717, 1.165) is 24.7 Å². The number of allylic oxidation sites excluding steroid dienone is 1. The molecule has 0 radical (unpaired) electrons. The highest BCUT2D eigenvalue weighted by Crippen LogP contribution is 2.24. The van der Waals surface area contributed by atoms with Gasteiger partial charge in [0, 0.05) is 17.7 Å². The molecule has 0 aromatic heterocycles. The average Bonchev–Trinajstić information content (AvgIpc) is 2.33. The first-order chi connectivity index (χ1) is 5.40. The van der Waals surface area contributed by atoms with Crippen molar-refractivity contribution < 1.29 is 4.79 Å². The first-order valence-corrected chi connectivity index (χ1v) is 4.31. The summed E-state index contributed by atoms with van der Waals surface area (Å²) in [7, 11) is 0. The van der Waals surface area contributed by atoms with E-state index in [1.165, 1.54) is 12.8 Å². The lowest BCUT2D eigenvalue weighted by Crippen LogP contribution is -2.29. The molecule has 2 aliphatic heterocycles. The Bertz CT molecular complexity index is 198. The van der Waals surface area contributed by atoms with Crippen molar-refractivity contribution in [2.45, 2.75) is 37.8 Å². The Morgan fingerprint density at radius 2 is 2.36 bits per heavy atom. The van der Waals surface area contributed by atoms with E-state index < -0.39 is 0 Å². The van der Waals surface area contributed by atoms with Crippen molar-refractivity contribution in [1.82, 2.24) is 5.32 Å².